The summed E-state index contributed by atoms with van der Waals surface area (Å²) in [6.07, 6.45) is 1.71. The van der Waals surface area contributed by atoms with Crippen LogP contribution in [0.3, 0.4) is 0 Å². The molecule has 0 aromatic carbocycles. The van der Waals surface area contributed by atoms with Gasteiger partial charge in [-0.15, -0.1) is 0 Å². The first-order chi connectivity index (χ1) is 10.5. The highest BCUT2D eigenvalue weighted by atomic mass is 16.5. The van der Waals surface area contributed by atoms with Crippen molar-refractivity contribution >= 4 is 17.8 Å². The molecule has 0 bridgehead atoms. The number of aromatic nitrogens is 2. The monoisotopic (exact) mass is 308 g/mol. The summed E-state index contributed by atoms with van der Waals surface area (Å²) in [6, 6.07) is 0. The van der Waals surface area contributed by atoms with Crippen LogP contribution in [0.1, 0.15) is 30.3 Å². The van der Waals surface area contributed by atoms with Crippen LogP contribution in [-0.4, -0.2) is 51.2 Å². The molecule has 3 rings (SSSR count). The number of hydrogen-bond acceptors (Lipinski definition) is 7. The lowest BCUT2D eigenvalue weighted by atomic mass is 10.2. The van der Waals surface area contributed by atoms with Gasteiger partial charge < -0.3 is 9.84 Å². The van der Waals surface area contributed by atoms with Crippen LogP contribution in [0.5, 0.6) is 5.75 Å². The Kier molecular flexibility index (Phi) is 3.47. The largest absolute Gasteiger partial charge is 0.501 e. The lowest BCUT2D eigenvalue weighted by Gasteiger charge is -2.43. The number of ether oxygens (including phenoxy) is 1. The maximum absolute atomic E-state index is 12.2. The Morgan fingerprint density at radius 2 is 1.95 bits per heavy atom. The quantitative estimate of drug-likeness (QED) is 0.733. The number of amides is 1. The molecule has 9 heteroatoms. The number of hydrogen-bond donors (Lipinski definition) is 1. The van der Waals surface area contributed by atoms with Gasteiger partial charge >= 0.3 is 5.97 Å². The average molecular weight is 308 g/mol. The highest BCUT2D eigenvalue weighted by Gasteiger charge is 2.36. The van der Waals surface area contributed by atoms with Crippen molar-refractivity contribution < 1.29 is 19.4 Å². The molecule has 1 amide bonds. The van der Waals surface area contributed by atoms with Crippen LogP contribution < -0.4 is 10.6 Å². The normalized spacial score (nSPS) is 17.0. The van der Waals surface area contributed by atoms with Gasteiger partial charge in [0, 0.05) is 13.1 Å². The predicted octanol–water partition coefficient (Wildman–Crippen LogP) is -0.517. The van der Waals surface area contributed by atoms with Crippen molar-refractivity contribution in [2.45, 2.75) is 26.3 Å². The zero-order valence-corrected chi connectivity index (χ0v) is 12.1. The van der Waals surface area contributed by atoms with Crippen molar-refractivity contribution in [3.8, 4) is 5.75 Å². The second kappa shape index (κ2) is 5.32. The van der Waals surface area contributed by atoms with Gasteiger partial charge in [0.15, 0.2) is 5.69 Å². The first kappa shape index (κ1) is 14.4. The van der Waals surface area contributed by atoms with E-state index in [1.165, 1.54) is 5.01 Å². The van der Waals surface area contributed by atoms with Crippen molar-refractivity contribution in [2.75, 3.05) is 24.7 Å². The zero-order chi connectivity index (χ0) is 15.9. The van der Waals surface area contributed by atoms with Crippen molar-refractivity contribution in [1.82, 2.24) is 14.6 Å². The minimum atomic E-state index is -0.860. The van der Waals surface area contributed by atoms with E-state index in [0.29, 0.717) is 13.1 Å². The highest BCUT2D eigenvalue weighted by molar-refractivity contribution is 5.90. The molecular weight excluding hydrogens is 292 g/mol. The van der Waals surface area contributed by atoms with Crippen LogP contribution in [0, 0.1) is 0 Å². The molecular formula is C13H16N4O5. The van der Waals surface area contributed by atoms with Gasteiger partial charge in [0.1, 0.15) is 6.54 Å². The van der Waals surface area contributed by atoms with Crippen LogP contribution in [0.25, 0.3) is 0 Å². The maximum Gasteiger partial charge on any atom is 0.361 e. The number of nitrogens with zero attached hydrogens (tertiary/aromatic N) is 4. The van der Waals surface area contributed by atoms with Gasteiger partial charge in [-0.3, -0.25) is 19.2 Å². The van der Waals surface area contributed by atoms with E-state index in [0.717, 1.165) is 17.4 Å². The Morgan fingerprint density at radius 1 is 1.27 bits per heavy atom. The average Bonchev–Trinajstić information content (AvgIpc) is 2.52. The Morgan fingerprint density at radius 3 is 2.64 bits per heavy atom. The molecule has 1 N–H and O–H groups in total. The summed E-state index contributed by atoms with van der Waals surface area (Å²) in [5.74, 6) is -1.70. The molecule has 1 aromatic heterocycles. The molecule has 1 saturated heterocycles. The van der Waals surface area contributed by atoms with Crippen molar-refractivity contribution in [1.29, 1.82) is 0 Å². The van der Waals surface area contributed by atoms with Crippen LogP contribution in [0.15, 0.2) is 4.79 Å². The Hall–Kier alpha value is -2.58. The first-order valence-electron chi connectivity index (χ1n) is 7.13. The molecule has 2 aliphatic heterocycles. The first-order valence-corrected chi connectivity index (χ1v) is 7.13. The fraction of sp³-hybridized carbons (Fsp3) is 0.538. The lowest BCUT2D eigenvalue weighted by Crippen LogP contribution is -2.57. The standard InChI is InChI=1S/C13H16N4O5/c1-2-22-12(21)9-10(19)11(20)15-7-8(18)16-5-3-4-6-17(16)13(15)14-9/h19H,2-7H2,1H3. The van der Waals surface area contributed by atoms with Crippen LogP contribution in [0.2, 0.25) is 0 Å². The van der Waals surface area contributed by atoms with E-state index in [-0.39, 0.29) is 25.0 Å². The summed E-state index contributed by atoms with van der Waals surface area (Å²) in [6.45, 7) is 2.59. The summed E-state index contributed by atoms with van der Waals surface area (Å²) in [5, 5.41) is 13.0. The Labute approximate surface area is 125 Å². The second-order valence-corrected chi connectivity index (χ2v) is 5.07. The fourth-order valence-corrected chi connectivity index (χ4v) is 2.66. The van der Waals surface area contributed by atoms with Gasteiger partial charge in [0.05, 0.1) is 6.61 Å². The minimum Gasteiger partial charge on any atom is -0.501 e. The Bertz CT molecular complexity index is 698. The second-order valence-electron chi connectivity index (χ2n) is 5.07. The van der Waals surface area contributed by atoms with Gasteiger partial charge in [0.2, 0.25) is 11.7 Å². The number of carbonyl (C=O) groups is 2. The fourth-order valence-electron chi connectivity index (χ4n) is 2.66. The van der Waals surface area contributed by atoms with Crippen LogP contribution in [0.4, 0.5) is 5.95 Å². The van der Waals surface area contributed by atoms with Crippen molar-refractivity contribution in [3.05, 3.63) is 16.0 Å². The molecule has 2 aliphatic rings. The van der Waals surface area contributed by atoms with Gasteiger partial charge in [-0.05, 0) is 19.8 Å². The van der Waals surface area contributed by atoms with Crippen LogP contribution in [-0.2, 0) is 16.1 Å². The molecule has 0 aliphatic carbocycles. The summed E-state index contributed by atoms with van der Waals surface area (Å²) < 4.78 is 5.89. The number of rotatable bonds is 2. The highest BCUT2D eigenvalue weighted by Crippen LogP contribution is 2.25. The molecule has 118 valence electrons. The molecule has 0 saturated carbocycles. The van der Waals surface area contributed by atoms with Crippen molar-refractivity contribution in [2.24, 2.45) is 0 Å². The van der Waals surface area contributed by atoms with Crippen molar-refractivity contribution in [3.63, 3.8) is 0 Å². The Balaban J connectivity index is 2.14. The topological polar surface area (TPSA) is 105 Å². The number of fused-ring (bicyclic) bond motifs is 3. The summed E-state index contributed by atoms with van der Waals surface area (Å²) in [4.78, 5) is 40.2. The lowest BCUT2D eigenvalue weighted by molar-refractivity contribution is -0.134. The summed E-state index contributed by atoms with van der Waals surface area (Å²) in [5.41, 5.74) is -1.23. The van der Waals surface area contributed by atoms with Gasteiger partial charge in [-0.25, -0.2) is 14.8 Å². The SMILES string of the molecule is CCOC(=O)c1nc2n(c(=O)c1O)CC(=O)N1CCCCN21. The third-order valence-corrected chi connectivity index (χ3v) is 3.69. The summed E-state index contributed by atoms with van der Waals surface area (Å²) >= 11 is 0. The number of hydrazine groups is 1. The van der Waals surface area contributed by atoms with E-state index in [1.54, 1.807) is 11.9 Å². The molecule has 0 spiro atoms. The molecule has 22 heavy (non-hydrogen) atoms. The van der Waals surface area contributed by atoms with E-state index in [4.69, 9.17) is 4.74 Å². The van der Waals surface area contributed by atoms with E-state index >= 15 is 0 Å². The number of anilines is 1. The molecule has 0 radical (unpaired) electrons. The molecule has 9 nitrogen and oxygen atoms in total. The third-order valence-electron chi connectivity index (χ3n) is 3.69. The van der Waals surface area contributed by atoms with Gasteiger partial charge in [-0.1, -0.05) is 0 Å². The maximum atomic E-state index is 12.2. The van der Waals surface area contributed by atoms with E-state index in [2.05, 4.69) is 4.98 Å². The van der Waals surface area contributed by atoms with Gasteiger partial charge in [0.25, 0.3) is 11.5 Å². The van der Waals surface area contributed by atoms with E-state index < -0.39 is 23.0 Å². The van der Waals surface area contributed by atoms with E-state index in [1.807, 2.05) is 0 Å². The zero-order valence-electron chi connectivity index (χ0n) is 12.1. The molecule has 0 unspecified atom stereocenters. The molecule has 0 atom stereocenters. The minimum absolute atomic E-state index is 0.104. The third kappa shape index (κ3) is 2.09. The predicted molar refractivity (Wildman–Crippen MR) is 74.4 cm³/mol. The molecule has 1 aromatic rings. The molecule has 3 heterocycles. The molecule has 1 fully saturated rings. The number of esters is 1. The van der Waals surface area contributed by atoms with Gasteiger partial charge in [-0.2, -0.15) is 0 Å². The van der Waals surface area contributed by atoms with E-state index in [9.17, 15) is 19.5 Å². The smallest absolute Gasteiger partial charge is 0.361 e. The number of carbonyl (C=O) groups excluding carboxylic acids is 2. The number of aromatic hydroxyl groups is 1. The van der Waals surface area contributed by atoms with Crippen LogP contribution >= 0.6 is 0 Å². The summed E-state index contributed by atoms with van der Waals surface area (Å²) in [7, 11) is 0.